The molecule has 0 nitrogen and oxygen atoms in total. The van der Waals surface area contributed by atoms with E-state index in [2.05, 4.69) is 133 Å². The molecular weight excluding hydrogens is 537 g/mol. The summed E-state index contributed by atoms with van der Waals surface area (Å²) in [6, 6.07) is 40.9. The van der Waals surface area contributed by atoms with Crippen LogP contribution in [0.3, 0.4) is 0 Å². The fourth-order valence-corrected chi connectivity index (χ4v) is 8.70. The molecule has 1 heterocycles. The fraction of sp³-hybridized carbons (Fsp3) is 0.0952. The highest BCUT2D eigenvalue weighted by molar-refractivity contribution is 7.19. The maximum atomic E-state index is 2.46. The zero-order valence-electron chi connectivity index (χ0n) is 23.9. The van der Waals surface area contributed by atoms with Crippen molar-refractivity contribution in [2.24, 2.45) is 0 Å². The Morgan fingerprint density at radius 3 is 1.95 bits per heavy atom. The first-order chi connectivity index (χ1) is 21.3. The average Bonchev–Trinajstić information content (AvgIpc) is 3.45. The van der Waals surface area contributed by atoms with Gasteiger partial charge < -0.3 is 0 Å². The molecule has 0 aliphatic heterocycles. The van der Waals surface area contributed by atoms with E-state index < -0.39 is 0 Å². The number of fused-ring (bicyclic) bond motifs is 6. The number of hydrogen-bond donors (Lipinski definition) is 0. The van der Waals surface area contributed by atoms with Gasteiger partial charge in [0.25, 0.3) is 0 Å². The second-order valence-electron chi connectivity index (χ2n) is 11.8. The summed E-state index contributed by atoms with van der Waals surface area (Å²) in [4.78, 5) is 1.53. The number of aryl methyl sites for hydroxylation is 1. The smallest absolute Gasteiger partial charge is 0.0352 e. The zero-order chi connectivity index (χ0) is 28.3. The van der Waals surface area contributed by atoms with Gasteiger partial charge in [0.1, 0.15) is 0 Å². The molecule has 9 rings (SSSR count). The Balaban J connectivity index is 1.37. The second kappa shape index (κ2) is 9.93. The minimum atomic E-state index is 1.03. The Morgan fingerprint density at radius 2 is 1.16 bits per heavy atom. The van der Waals surface area contributed by atoms with Gasteiger partial charge in [-0.05, 0) is 109 Å². The third-order valence-electron chi connectivity index (χ3n) is 9.40. The molecule has 0 fully saturated rings. The lowest BCUT2D eigenvalue weighted by molar-refractivity contribution is 1.02. The molecule has 0 N–H and O–H groups in total. The van der Waals surface area contributed by atoms with Crippen LogP contribution in [-0.2, 0) is 6.42 Å². The van der Waals surface area contributed by atoms with Gasteiger partial charge in [0.15, 0.2) is 0 Å². The van der Waals surface area contributed by atoms with Crippen LogP contribution in [0.2, 0.25) is 0 Å². The summed E-state index contributed by atoms with van der Waals surface area (Å²) in [6.45, 7) is 0. The van der Waals surface area contributed by atoms with Gasteiger partial charge in [-0.15, -0.1) is 11.3 Å². The van der Waals surface area contributed by atoms with E-state index in [9.17, 15) is 0 Å². The quantitative estimate of drug-likeness (QED) is 0.187. The summed E-state index contributed by atoms with van der Waals surface area (Å²) in [5.74, 6) is 0. The van der Waals surface area contributed by atoms with Crippen molar-refractivity contribution in [3.63, 3.8) is 0 Å². The van der Waals surface area contributed by atoms with E-state index in [1.807, 2.05) is 11.3 Å². The van der Waals surface area contributed by atoms with Gasteiger partial charge in [-0.3, -0.25) is 0 Å². The van der Waals surface area contributed by atoms with E-state index in [4.69, 9.17) is 0 Å². The number of allylic oxidation sites excluding steroid dienone is 5. The number of hydrogen-bond acceptors (Lipinski definition) is 1. The van der Waals surface area contributed by atoms with Crippen molar-refractivity contribution < 1.29 is 0 Å². The minimum Gasteiger partial charge on any atom is -0.140 e. The Labute approximate surface area is 255 Å². The highest BCUT2D eigenvalue weighted by atomic mass is 32.1. The Morgan fingerprint density at radius 1 is 0.512 bits per heavy atom. The van der Waals surface area contributed by atoms with Crippen molar-refractivity contribution in [3.05, 3.63) is 149 Å². The van der Waals surface area contributed by atoms with Gasteiger partial charge in [0, 0.05) is 15.0 Å². The van der Waals surface area contributed by atoms with E-state index in [0.717, 1.165) is 25.7 Å². The topological polar surface area (TPSA) is 0 Å². The van der Waals surface area contributed by atoms with Gasteiger partial charge in [0.2, 0.25) is 0 Å². The van der Waals surface area contributed by atoms with Gasteiger partial charge in [-0.1, -0.05) is 121 Å². The first-order valence-corrected chi connectivity index (χ1v) is 16.2. The zero-order valence-corrected chi connectivity index (χ0v) is 24.8. The maximum Gasteiger partial charge on any atom is 0.0352 e. The summed E-state index contributed by atoms with van der Waals surface area (Å²) in [7, 11) is 0. The van der Waals surface area contributed by atoms with Crippen molar-refractivity contribution in [1.29, 1.82) is 0 Å². The molecule has 0 saturated heterocycles. The lowest BCUT2D eigenvalue weighted by Crippen LogP contribution is -1.99. The Kier molecular flexibility index (Phi) is 5.74. The van der Waals surface area contributed by atoms with Crippen LogP contribution in [-0.4, -0.2) is 0 Å². The fourth-order valence-electron chi connectivity index (χ4n) is 7.51. The molecule has 204 valence electrons. The third kappa shape index (κ3) is 3.89. The van der Waals surface area contributed by atoms with Gasteiger partial charge in [-0.2, -0.15) is 0 Å². The van der Waals surface area contributed by atoms with Crippen LogP contribution in [0.5, 0.6) is 0 Å². The molecule has 0 atom stereocenters. The minimum absolute atomic E-state index is 1.03. The van der Waals surface area contributed by atoms with E-state index in [-0.39, 0.29) is 0 Å². The number of thiophene rings is 1. The standard InChI is InChI=1S/C42H30S/c1-2-14-29-27(12-1)13-11-22-30(29)31-15-3-4-17-33(31)42-36-20-7-5-18-34(36)41(35-19-6-8-21-37(35)42)28-24-25-40-38(26-28)32-16-9-10-23-39(32)43-40/h1-3,5-9,11-16,18-22,24-26H,4,10,17,23H2. The summed E-state index contributed by atoms with van der Waals surface area (Å²) < 4.78 is 1.39. The molecule has 1 heteroatoms. The SMILES string of the molecule is C1=CC(c2cccc3ccccc23)=C(c2c3ccccc3c(-c3ccc4sc5c(c4c3)C=CCC5)c3ccccc23)CC1. The predicted octanol–water partition coefficient (Wildman–Crippen LogP) is 12.2. The molecule has 2 aliphatic rings. The number of rotatable bonds is 3. The highest BCUT2D eigenvalue weighted by Crippen LogP contribution is 2.47. The highest BCUT2D eigenvalue weighted by Gasteiger charge is 2.22. The largest absolute Gasteiger partial charge is 0.140 e. The number of benzene rings is 6. The molecule has 6 aromatic carbocycles. The first-order valence-electron chi connectivity index (χ1n) is 15.4. The van der Waals surface area contributed by atoms with E-state index in [1.54, 1.807) is 0 Å². The maximum absolute atomic E-state index is 2.46. The molecule has 0 saturated carbocycles. The van der Waals surface area contributed by atoms with Crippen LogP contribution in [0, 0.1) is 0 Å². The van der Waals surface area contributed by atoms with Crippen molar-refractivity contribution in [1.82, 2.24) is 0 Å². The van der Waals surface area contributed by atoms with Crippen LogP contribution < -0.4 is 0 Å². The lowest BCUT2D eigenvalue weighted by atomic mass is 9.80. The van der Waals surface area contributed by atoms with Gasteiger partial charge in [-0.25, -0.2) is 0 Å². The summed E-state index contributed by atoms with van der Waals surface area (Å²) in [5, 5.41) is 9.33. The van der Waals surface area contributed by atoms with Crippen molar-refractivity contribution in [2.45, 2.75) is 25.7 Å². The van der Waals surface area contributed by atoms with Gasteiger partial charge in [0.05, 0.1) is 0 Å². The predicted molar refractivity (Wildman–Crippen MR) is 189 cm³/mol. The molecule has 0 unspecified atom stereocenters. The monoisotopic (exact) mass is 566 g/mol. The molecular formula is C42H30S. The summed E-state index contributed by atoms with van der Waals surface area (Å²) in [6.07, 6.45) is 13.8. The van der Waals surface area contributed by atoms with E-state index >= 15 is 0 Å². The van der Waals surface area contributed by atoms with E-state index in [0.29, 0.717) is 0 Å². The molecule has 1 aromatic heterocycles. The molecule has 2 aliphatic carbocycles. The van der Waals surface area contributed by atoms with Crippen molar-refractivity contribution >= 4 is 71.0 Å². The third-order valence-corrected chi connectivity index (χ3v) is 10.6. The molecule has 43 heavy (non-hydrogen) atoms. The second-order valence-corrected chi connectivity index (χ2v) is 12.9. The molecule has 0 amide bonds. The van der Waals surface area contributed by atoms with Crippen LogP contribution >= 0.6 is 11.3 Å². The van der Waals surface area contributed by atoms with E-state index in [1.165, 1.54) is 86.2 Å². The summed E-state index contributed by atoms with van der Waals surface area (Å²) in [5.41, 5.74) is 9.58. The Hall–Kier alpha value is -4.72. The molecule has 0 radical (unpaired) electrons. The average molecular weight is 567 g/mol. The normalized spacial score (nSPS) is 14.8. The van der Waals surface area contributed by atoms with Crippen molar-refractivity contribution in [3.8, 4) is 11.1 Å². The first kappa shape index (κ1) is 24.8. The Bertz CT molecular complexity index is 2280. The van der Waals surface area contributed by atoms with Crippen LogP contribution in [0.15, 0.2) is 127 Å². The van der Waals surface area contributed by atoms with Crippen LogP contribution in [0.1, 0.15) is 40.8 Å². The van der Waals surface area contributed by atoms with Crippen LogP contribution in [0.25, 0.3) is 70.8 Å². The molecule has 0 bridgehead atoms. The molecule has 0 spiro atoms. The lowest BCUT2D eigenvalue weighted by Gasteiger charge is -2.23. The summed E-state index contributed by atoms with van der Waals surface area (Å²) >= 11 is 1.97. The molecule has 7 aromatic rings. The van der Waals surface area contributed by atoms with Crippen LogP contribution in [0.4, 0.5) is 0 Å². The van der Waals surface area contributed by atoms with Gasteiger partial charge >= 0.3 is 0 Å². The van der Waals surface area contributed by atoms with Crippen molar-refractivity contribution in [2.75, 3.05) is 0 Å².